The van der Waals surface area contributed by atoms with Crippen molar-refractivity contribution in [2.24, 2.45) is 0 Å². The number of halogens is 2. The molecule has 0 bridgehead atoms. The van der Waals surface area contributed by atoms with Crippen molar-refractivity contribution in [1.29, 1.82) is 0 Å². The highest BCUT2D eigenvalue weighted by Gasteiger charge is 2.06. The van der Waals surface area contributed by atoms with Crippen LogP contribution in [-0.2, 0) is 0 Å². The molecule has 1 aromatic heterocycles. The van der Waals surface area contributed by atoms with Crippen molar-refractivity contribution < 1.29 is 13.9 Å². The Morgan fingerprint density at radius 3 is 2.89 bits per heavy atom. The van der Waals surface area contributed by atoms with Crippen LogP contribution >= 0.6 is 27.3 Å². The van der Waals surface area contributed by atoms with Crippen molar-refractivity contribution in [3.8, 4) is 5.75 Å². The maximum absolute atomic E-state index is 13.0. The first-order valence-electron chi connectivity index (χ1n) is 5.81. The molecule has 5 heteroatoms. The molecule has 0 N–H and O–H groups in total. The van der Waals surface area contributed by atoms with E-state index in [0.717, 1.165) is 4.88 Å². The summed E-state index contributed by atoms with van der Waals surface area (Å²) in [5.41, 5.74) is 0. The fraction of sp³-hybridized carbons (Fsp3) is 0.214. The van der Waals surface area contributed by atoms with Crippen molar-refractivity contribution in [2.75, 3.05) is 6.61 Å². The average Bonchev–Trinajstić information content (AvgIpc) is 2.92. The summed E-state index contributed by atoms with van der Waals surface area (Å²) in [6, 6.07) is 8.18. The van der Waals surface area contributed by atoms with Gasteiger partial charge in [0.05, 0.1) is 16.0 Å². The molecule has 0 saturated carbocycles. The van der Waals surface area contributed by atoms with Gasteiger partial charge < -0.3 is 4.74 Å². The Balaban J connectivity index is 1.75. The zero-order valence-electron chi connectivity index (χ0n) is 10.1. The minimum atomic E-state index is -0.319. The van der Waals surface area contributed by atoms with Crippen molar-refractivity contribution in [3.05, 3.63) is 50.9 Å². The Morgan fingerprint density at radius 1 is 1.37 bits per heavy atom. The second-order valence-corrected chi connectivity index (χ2v) is 5.73. The van der Waals surface area contributed by atoms with Crippen molar-refractivity contribution in [3.63, 3.8) is 0 Å². The molecule has 1 aromatic carbocycles. The lowest BCUT2D eigenvalue weighted by atomic mass is 10.2. The van der Waals surface area contributed by atoms with Gasteiger partial charge in [-0.2, -0.15) is 0 Å². The number of thiophene rings is 1. The fourth-order valence-corrected chi connectivity index (χ4v) is 2.60. The first kappa shape index (κ1) is 14.2. The minimum absolute atomic E-state index is 0.138. The van der Waals surface area contributed by atoms with E-state index >= 15 is 0 Å². The van der Waals surface area contributed by atoms with Gasteiger partial charge in [0.15, 0.2) is 5.78 Å². The van der Waals surface area contributed by atoms with E-state index < -0.39 is 0 Å². The van der Waals surface area contributed by atoms with Crippen LogP contribution in [0, 0.1) is 5.82 Å². The molecule has 2 rings (SSSR count). The minimum Gasteiger partial charge on any atom is -0.494 e. The predicted octanol–water partition coefficient (Wildman–Crippen LogP) is 4.69. The number of ether oxygens (including phenoxy) is 1. The van der Waals surface area contributed by atoms with Gasteiger partial charge in [-0.05, 0) is 52.0 Å². The van der Waals surface area contributed by atoms with E-state index in [2.05, 4.69) is 15.9 Å². The molecule has 0 spiro atoms. The Kier molecular flexibility index (Phi) is 5.10. The summed E-state index contributed by atoms with van der Waals surface area (Å²) in [6.07, 6.45) is 1.11. The van der Waals surface area contributed by atoms with E-state index in [1.807, 2.05) is 17.5 Å². The lowest BCUT2D eigenvalue weighted by Crippen LogP contribution is -2.02. The Bertz CT molecular complexity index is 555. The molecule has 0 radical (unpaired) electrons. The molecular weight excluding hydrogens is 331 g/mol. The van der Waals surface area contributed by atoms with Gasteiger partial charge >= 0.3 is 0 Å². The fourth-order valence-electron chi connectivity index (χ4n) is 1.55. The number of ketones is 1. The van der Waals surface area contributed by atoms with Gasteiger partial charge in [0.25, 0.3) is 0 Å². The lowest BCUT2D eigenvalue weighted by Gasteiger charge is -2.06. The van der Waals surface area contributed by atoms with Crippen LogP contribution in [0.3, 0.4) is 0 Å². The van der Waals surface area contributed by atoms with Crippen LogP contribution in [-0.4, -0.2) is 12.4 Å². The molecule has 0 unspecified atom stereocenters. The SMILES string of the molecule is O=C(CCCOc1ccc(F)c(Br)c1)c1cccs1. The first-order valence-corrected chi connectivity index (χ1v) is 7.48. The molecule has 0 atom stereocenters. The summed E-state index contributed by atoms with van der Waals surface area (Å²) < 4.78 is 18.8. The highest BCUT2D eigenvalue weighted by atomic mass is 79.9. The van der Waals surface area contributed by atoms with Crippen LogP contribution in [0.25, 0.3) is 0 Å². The molecule has 0 amide bonds. The summed E-state index contributed by atoms with van der Waals surface area (Å²) in [7, 11) is 0. The molecule has 100 valence electrons. The normalized spacial score (nSPS) is 10.4. The molecule has 1 heterocycles. The summed E-state index contributed by atoms with van der Waals surface area (Å²) >= 11 is 4.55. The van der Waals surface area contributed by atoms with Crippen LogP contribution in [0.15, 0.2) is 40.2 Å². The maximum Gasteiger partial charge on any atom is 0.172 e. The molecule has 19 heavy (non-hydrogen) atoms. The van der Waals surface area contributed by atoms with E-state index in [-0.39, 0.29) is 11.6 Å². The Hall–Kier alpha value is -1.20. The summed E-state index contributed by atoms with van der Waals surface area (Å²) in [5, 5.41) is 1.89. The standard InChI is InChI=1S/C14H12BrFO2S/c15-11-9-10(5-6-12(11)16)18-7-1-3-13(17)14-4-2-8-19-14/h2,4-6,8-9H,1,3,7H2. The van der Waals surface area contributed by atoms with E-state index in [1.165, 1.54) is 17.4 Å². The Labute approximate surface area is 123 Å². The van der Waals surface area contributed by atoms with Crippen LogP contribution in [0.4, 0.5) is 4.39 Å². The second kappa shape index (κ2) is 6.82. The molecule has 0 fully saturated rings. The van der Waals surface area contributed by atoms with E-state index in [9.17, 15) is 9.18 Å². The lowest BCUT2D eigenvalue weighted by molar-refractivity contribution is 0.0977. The molecule has 0 aliphatic heterocycles. The van der Waals surface area contributed by atoms with E-state index in [4.69, 9.17) is 4.74 Å². The van der Waals surface area contributed by atoms with Crippen molar-refractivity contribution >= 4 is 33.0 Å². The number of hydrogen-bond donors (Lipinski definition) is 0. The highest BCUT2D eigenvalue weighted by molar-refractivity contribution is 9.10. The number of benzene rings is 1. The zero-order chi connectivity index (χ0) is 13.7. The number of rotatable bonds is 6. The van der Waals surface area contributed by atoms with Gasteiger partial charge in [-0.3, -0.25) is 4.79 Å². The third-order valence-corrected chi connectivity index (χ3v) is 4.02. The Morgan fingerprint density at radius 2 is 2.21 bits per heavy atom. The van der Waals surface area contributed by atoms with Crippen LogP contribution in [0.5, 0.6) is 5.75 Å². The largest absolute Gasteiger partial charge is 0.494 e. The molecule has 0 aliphatic rings. The number of hydrogen-bond acceptors (Lipinski definition) is 3. The molecule has 2 nitrogen and oxygen atoms in total. The number of Topliss-reactive ketones (excluding diaryl/α,β-unsaturated/α-hetero) is 1. The smallest absolute Gasteiger partial charge is 0.172 e. The van der Waals surface area contributed by atoms with Gasteiger partial charge in [-0.15, -0.1) is 11.3 Å². The van der Waals surface area contributed by atoms with Crippen LogP contribution < -0.4 is 4.74 Å². The molecule has 0 saturated heterocycles. The monoisotopic (exact) mass is 342 g/mol. The van der Waals surface area contributed by atoms with Crippen molar-refractivity contribution in [2.45, 2.75) is 12.8 Å². The summed E-state index contributed by atoms with van der Waals surface area (Å²) in [4.78, 5) is 12.5. The van der Waals surface area contributed by atoms with E-state index in [1.54, 1.807) is 12.1 Å². The van der Waals surface area contributed by atoms with Crippen LogP contribution in [0.2, 0.25) is 0 Å². The molecule has 2 aromatic rings. The summed E-state index contributed by atoms with van der Waals surface area (Å²) in [5.74, 6) is 0.413. The molecule has 0 aliphatic carbocycles. The topological polar surface area (TPSA) is 26.3 Å². The maximum atomic E-state index is 13.0. The summed E-state index contributed by atoms with van der Waals surface area (Å²) in [6.45, 7) is 0.440. The third kappa shape index (κ3) is 4.14. The van der Waals surface area contributed by atoms with Gasteiger partial charge in [-0.1, -0.05) is 6.07 Å². The number of carbonyl (C=O) groups is 1. The van der Waals surface area contributed by atoms with Crippen LogP contribution in [0.1, 0.15) is 22.5 Å². The van der Waals surface area contributed by atoms with Gasteiger partial charge in [-0.25, -0.2) is 4.39 Å². The number of carbonyl (C=O) groups excluding carboxylic acids is 1. The molecular formula is C14H12BrFO2S. The van der Waals surface area contributed by atoms with Crippen molar-refractivity contribution in [1.82, 2.24) is 0 Å². The zero-order valence-corrected chi connectivity index (χ0v) is 12.5. The quantitative estimate of drug-likeness (QED) is 0.562. The van der Waals surface area contributed by atoms with Gasteiger partial charge in [0, 0.05) is 6.42 Å². The van der Waals surface area contributed by atoms with Gasteiger partial charge in [0.2, 0.25) is 0 Å². The predicted molar refractivity (Wildman–Crippen MR) is 77.5 cm³/mol. The third-order valence-electron chi connectivity index (χ3n) is 2.50. The average molecular weight is 343 g/mol. The first-order chi connectivity index (χ1) is 9.16. The second-order valence-electron chi connectivity index (χ2n) is 3.93. The highest BCUT2D eigenvalue weighted by Crippen LogP contribution is 2.22. The van der Waals surface area contributed by atoms with E-state index in [0.29, 0.717) is 29.7 Å². The van der Waals surface area contributed by atoms with Gasteiger partial charge in [0.1, 0.15) is 11.6 Å².